The SMILES string of the molecule is CCNC(=NCC(c1cnn(C)c1)N(C)C)N1CCSC(C(C)C)C1.I. The molecule has 1 fully saturated rings. The second-order valence-corrected chi connectivity index (χ2v) is 8.57. The molecule has 2 rings (SSSR count). The lowest BCUT2D eigenvalue weighted by Crippen LogP contribution is -2.49. The van der Waals surface area contributed by atoms with Gasteiger partial charge in [0.05, 0.1) is 18.8 Å². The summed E-state index contributed by atoms with van der Waals surface area (Å²) in [5.41, 5.74) is 1.21. The zero-order valence-electron chi connectivity index (χ0n) is 17.0. The van der Waals surface area contributed by atoms with Crippen LogP contribution in [-0.2, 0) is 7.05 Å². The number of nitrogens with zero attached hydrogens (tertiary/aromatic N) is 5. The van der Waals surface area contributed by atoms with E-state index in [4.69, 9.17) is 4.99 Å². The number of guanidine groups is 1. The second-order valence-electron chi connectivity index (χ2n) is 7.22. The molecular formula is C18H35IN6S. The molecule has 1 aromatic rings. The van der Waals surface area contributed by atoms with Gasteiger partial charge >= 0.3 is 0 Å². The van der Waals surface area contributed by atoms with E-state index < -0.39 is 0 Å². The number of thioether (sulfide) groups is 1. The van der Waals surface area contributed by atoms with E-state index in [-0.39, 0.29) is 30.0 Å². The summed E-state index contributed by atoms with van der Waals surface area (Å²) >= 11 is 2.10. The highest BCUT2D eigenvalue weighted by Gasteiger charge is 2.25. The molecular weight excluding hydrogens is 459 g/mol. The molecule has 0 radical (unpaired) electrons. The Bertz CT molecular complexity index is 560. The molecule has 150 valence electrons. The van der Waals surface area contributed by atoms with Gasteiger partial charge in [0.15, 0.2) is 5.96 Å². The molecule has 26 heavy (non-hydrogen) atoms. The number of aromatic nitrogens is 2. The molecule has 0 aromatic carbocycles. The van der Waals surface area contributed by atoms with Gasteiger partial charge in [-0.3, -0.25) is 9.67 Å². The third-order valence-electron chi connectivity index (χ3n) is 4.62. The van der Waals surface area contributed by atoms with Crippen LogP contribution in [0.15, 0.2) is 17.4 Å². The van der Waals surface area contributed by atoms with Crippen LogP contribution >= 0.6 is 35.7 Å². The summed E-state index contributed by atoms with van der Waals surface area (Å²) in [6, 6.07) is 0.238. The number of aryl methyl sites for hydroxylation is 1. The fraction of sp³-hybridized carbons (Fsp3) is 0.778. The van der Waals surface area contributed by atoms with Crippen molar-refractivity contribution in [1.29, 1.82) is 0 Å². The first kappa shape index (κ1) is 23.6. The van der Waals surface area contributed by atoms with Crippen LogP contribution in [0, 0.1) is 5.92 Å². The van der Waals surface area contributed by atoms with E-state index in [0.29, 0.717) is 11.2 Å². The van der Waals surface area contributed by atoms with Gasteiger partial charge in [-0.25, -0.2) is 0 Å². The zero-order chi connectivity index (χ0) is 18.4. The quantitative estimate of drug-likeness (QED) is 0.375. The van der Waals surface area contributed by atoms with Crippen LogP contribution in [0.25, 0.3) is 0 Å². The first-order valence-electron chi connectivity index (χ1n) is 9.22. The van der Waals surface area contributed by atoms with Gasteiger partial charge in [0, 0.05) is 49.4 Å². The van der Waals surface area contributed by atoms with Crippen molar-refractivity contribution in [3.8, 4) is 0 Å². The Kier molecular flexibility index (Phi) is 10.3. The fourth-order valence-corrected chi connectivity index (χ4v) is 4.35. The summed E-state index contributed by atoms with van der Waals surface area (Å²) in [5.74, 6) is 2.91. The molecule has 0 bridgehead atoms. The molecule has 1 aromatic heterocycles. The first-order valence-corrected chi connectivity index (χ1v) is 10.3. The maximum Gasteiger partial charge on any atom is 0.194 e. The average molecular weight is 494 g/mol. The Morgan fingerprint density at radius 2 is 2.19 bits per heavy atom. The largest absolute Gasteiger partial charge is 0.357 e. The summed E-state index contributed by atoms with van der Waals surface area (Å²) in [6.07, 6.45) is 4.03. The van der Waals surface area contributed by atoms with E-state index in [0.717, 1.165) is 32.1 Å². The van der Waals surface area contributed by atoms with Crippen LogP contribution < -0.4 is 5.32 Å². The minimum atomic E-state index is 0. The number of aliphatic imine (C=N–C) groups is 1. The van der Waals surface area contributed by atoms with Gasteiger partial charge in [0.1, 0.15) is 0 Å². The number of likely N-dealkylation sites (N-methyl/N-ethyl adjacent to an activating group) is 1. The fourth-order valence-electron chi connectivity index (χ4n) is 3.05. The summed E-state index contributed by atoms with van der Waals surface area (Å²) in [6.45, 7) is 10.5. The van der Waals surface area contributed by atoms with Crippen LogP contribution in [0.4, 0.5) is 0 Å². The van der Waals surface area contributed by atoms with Crippen molar-refractivity contribution in [3.63, 3.8) is 0 Å². The lowest BCUT2D eigenvalue weighted by molar-refractivity contribution is 0.304. The summed E-state index contributed by atoms with van der Waals surface area (Å²) in [7, 11) is 6.17. The number of nitrogens with one attached hydrogen (secondary N) is 1. The highest BCUT2D eigenvalue weighted by molar-refractivity contribution is 14.0. The predicted octanol–water partition coefficient (Wildman–Crippen LogP) is 2.68. The molecule has 0 spiro atoms. The molecule has 2 unspecified atom stereocenters. The molecule has 2 atom stereocenters. The molecule has 6 nitrogen and oxygen atoms in total. The average Bonchev–Trinajstić information content (AvgIpc) is 3.00. The van der Waals surface area contributed by atoms with Crippen LogP contribution in [0.2, 0.25) is 0 Å². The molecule has 0 amide bonds. The van der Waals surface area contributed by atoms with Crippen molar-refractivity contribution in [3.05, 3.63) is 18.0 Å². The van der Waals surface area contributed by atoms with Gasteiger partial charge in [0.2, 0.25) is 0 Å². The minimum Gasteiger partial charge on any atom is -0.357 e. The van der Waals surface area contributed by atoms with Crippen LogP contribution in [-0.4, -0.2) is 76.8 Å². The molecule has 1 aliphatic rings. The number of halogens is 1. The van der Waals surface area contributed by atoms with Crippen molar-refractivity contribution in [1.82, 2.24) is 24.9 Å². The van der Waals surface area contributed by atoms with Crippen LogP contribution in [0.1, 0.15) is 32.4 Å². The summed E-state index contributed by atoms with van der Waals surface area (Å²) < 4.78 is 1.86. The number of hydrogen-bond acceptors (Lipinski definition) is 4. The van der Waals surface area contributed by atoms with Gasteiger partial charge in [-0.1, -0.05) is 13.8 Å². The van der Waals surface area contributed by atoms with Crippen molar-refractivity contribution in [2.75, 3.05) is 46.0 Å². The molecule has 1 aliphatic heterocycles. The minimum absolute atomic E-state index is 0. The smallest absolute Gasteiger partial charge is 0.194 e. The monoisotopic (exact) mass is 494 g/mol. The van der Waals surface area contributed by atoms with Gasteiger partial charge in [-0.2, -0.15) is 16.9 Å². The lowest BCUT2D eigenvalue weighted by atomic mass is 10.1. The number of rotatable bonds is 6. The Labute approximate surface area is 180 Å². The molecule has 1 saturated heterocycles. The summed E-state index contributed by atoms with van der Waals surface area (Å²) in [5, 5.41) is 8.49. The van der Waals surface area contributed by atoms with Gasteiger partial charge in [-0.05, 0) is 26.9 Å². The third-order valence-corrected chi connectivity index (χ3v) is 6.16. The molecule has 1 N–H and O–H groups in total. The van der Waals surface area contributed by atoms with E-state index in [1.807, 2.05) is 17.9 Å². The molecule has 2 heterocycles. The Morgan fingerprint density at radius 3 is 2.73 bits per heavy atom. The van der Waals surface area contributed by atoms with Crippen molar-refractivity contribution >= 4 is 41.7 Å². The Balaban J connectivity index is 0.00000338. The van der Waals surface area contributed by atoms with E-state index in [9.17, 15) is 0 Å². The van der Waals surface area contributed by atoms with Crippen molar-refractivity contribution < 1.29 is 0 Å². The van der Waals surface area contributed by atoms with Crippen molar-refractivity contribution in [2.24, 2.45) is 18.0 Å². The molecule has 0 aliphatic carbocycles. The maximum atomic E-state index is 4.98. The van der Waals surface area contributed by atoms with E-state index in [1.165, 1.54) is 11.3 Å². The van der Waals surface area contributed by atoms with Gasteiger partial charge < -0.3 is 15.1 Å². The molecule has 8 heteroatoms. The van der Waals surface area contributed by atoms with E-state index >= 15 is 0 Å². The van der Waals surface area contributed by atoms with E-state index in [2.05, 4.69) is 73.0 Å². The van der Waals surface area contributed by atoms with Gasteiger partial charge in [0.25, 0.3) is 0 Å². The highest BCUT2D eigenvalue weighted by Crippen LogP contribution is 2.25. The Hall–Kier alpha value is -0.480. The lowest BCUT2D eigenvalue weighted by Gasteiger charge is -2.36. The van der Waals surface area contributed by atoms with E-state index in [1.54, 1.807) is 0 Å². The topological polar surface area (TPSA) is 48.7 Å². The number of hydrogen-bond donors (Lipinski definition) is 1. The normalized spacial score (nSPS) is 19.6. The first-order chi connectivity index (χ1) is 11.9. The highest BCUT2D eigenvalue weighted by atomic mass is 127. The maximum absolute atomic E-state index is 4.98. The predicted molar refractivity (Wildman–Crippen MR) is 124 cm³/mol. The summed E-state index contributed by atoms with van der Waals surface area (Å²) in [4.78, 5) is 9.63. The van der Waals surface area contributed by atoms with Crippen LogP contribution in [0.3, 0.4) is 0 Å². The van der Waals surface area contributed by atoms with Crippen LogP contribution in [0.5, 0.6) is 0 Å². The zero-order valence-corrected chi connectivity index (χ0v) is 20.1. The third kappa shape index (κ3) is 6.60. The van der Waals surface area contributed by atoms with Crippen molar-refractivity contribution in [2.45, 2.75) is 32.1 Å². The van der Waals surface area contributed by atoms with Gasteiger partial charge in [-0.15, -0.1) is 24.0 Å². The standard InChI is InChI=1S/C18H34N6S.HI/c1-7-19-18(24-8-9-25-17(13-24)14(2)3)20-11-16(22(4)5)15-10-21-23(6)12-15;/h10,12,14,16-17H,7-9,11,13H2,1-6H3,(H,19,20);1H. The molecule has 0 saturated carbocycles. The second kappa shape index (κ2) is 11.4. The Morgan fingerprint density at radius 1 is 1.46 bits per heavy atom.